The number of phenols is 1. The maximum absolute atomic E-state index is 14.2. The van der Waals surface area contributed by atoms with E-state index in [0.717, 1.165) is 27.7 Å². The van der Waals surface area contributed by atoms with Gasteiger partial charge in [0.05, 0.1) is 37.0 Å². The number of aromatic hydroxyl groups is 1. The van der Waals surface area contributed by atoms with Crippen molar-refractivity contribution in [1.29, 1.82) is 0 Å². The molecule has 6 rings (SSSR count). The predicted octanol–water partition coefficient (Wildman–Crippen LogP) is 2.56. The molecule has 11 heteroatoms. The molecule has 0 aliphatic carbocycles. The molecule has 2 saturated heterocycles. The zero-order chi connectivity index (χ0) is 30.8. The summed E-state index contributed by atoms with van der Waals surface area (Å²) in [6, 6.07) is 20.7. The lowest BCUT2D eigenvalue weighted by Crippen LogP contribution is -2.76. The minimum atomic E-state index is -0.848. The van der Waals surface area contributed by atoms with Gasteiger partial charge < -0.3 is 24.8 Å². The third-order valence-corrected chi connectivity index (χ3v) is 8.12. The molecule has 44 heavy (non-hydrogen) atoms. The van der Waals surface area contributed by atoms with E-state index in [4.69, 9.17) is 6.42 Å². The first-order valence-electron chi connectivity index (χ1n) is 14.4. The average molecular weight is 592 g/mol. The fourth-order valence-electron chi connectivity index (χ4n) is 6.00. The number of imidazole rings is 1. The smallest absolute Gasteiger partial charge is 0.334 e. The molecule has 0 spiro atoms. The minimum Gasteiger partial charge on any atom is -0.508 e. The molecule has 2 aliphatic rings. The van der Waals surface area contributed by atoms with Crippen LogP contribution in [0.4, 0.5) is 4.79 Å². The van der Waals surface area contributed by atoms with E-state index in [1.807, 2.05) is 53.1 Å². The summed E-state index contributed by atoms with van der Waals surface area (Å²) in [6.45, 7) is 1.03. The van der Waals surface area contributed by atoms with Gasteiger partial charge >= 0.3 is 6.03 Å². The minimum absolute atomic E-state index is 0.0511. The number of benzene rings is 3. The summed E-state index contributed by atoms with van der Waals surface area (Å²) in [6.07, 6.45) is 6.74. The molecule has 2 aliphatic heterocycles. The van der Waals surface area contributed by atoms with Gasteiger partial charge in [0.1, 0.15) is 18.0 Å². The summed E-state index contributed by atoms with van der Waals surface area (Å²) in [5.41, 5.74) is 4.26. The first-order chi connectivity index (χ1) is 21.3. The molecule has 0 saturated carbocycles. The second-order valence-corrected chi connectivity index (χ2v) is 11.1. The van der Waals surface area contributed by atoms with Crippen molar-refractivity contribution < 1.29 is 19.5 Å². The molecule has 11 nitrogen and oxygen atoms in total. The lowest BCUT2D eigenvalue weighted by atomic mass is 9.98. The van der Waals surface area contributed by atoms with E-state index in [0.29, 0.717) is 13.1 Å². The van der Waals surface area contributed by atoms with Gasteiger partial charge in [0, 0.05) is 26.6 Å². The highest BCUT2D eigenvalue weighted by atomic mass is 16.3. The van der Waals surface area contributed by atoms with Crippen LogP contribution in [0, 0.1) is 12.3 Å². The van der Waals surface area contributed by atoms with Crippen molar-refractivity contribution in [2.24, 2.45) is 0 Å². The van der Waals surface area contributed by atoms with Crippen molar-refractivity contribution >= 4 is 28.9 Å². The van der Waals surface area contributed by atoms with Gasteiger partial charge in [-0.05, 0) is 41.0 Å². The van der Waals surface area contributed by atoms with Crippen LogP contribution in [-0.2, 0) is 35.6 Å². The third kappa shape index (κ3) is 5.67. The zero-order valence-electron chi connectivity index (χ0n) is 24.3. The lowest BCUT2D eigenvalue weighted by molar-refractivity contribution is -0.187. The van der Waals surface area contributed by atoms with Crippen molar-refractivity contribution in [2.75, 3.05) is 20.1 Å². The predicted molar refractivity (Wildman–Crippen MR) is 163 cm³/mol. The molecule has 2 N–H and O–H groups in total. The topological polar surface area (TPSA) is 114 Å². The third-order valence-electron chi connectivity index (χ3n) is 8.12. The zero-order valence-corrected chi connectivity index (χ0v) is 24.3. The summed E-state index contributed by atoms with van der Waals surface area (Å²) in [7, 11) is 1.70. The van der Waals surface area contributed by atoms with Gasteiger partial charge in [-0.3, -0.25) is 9.59 Å². The first-order valence-corrected chi connectivity index (χ1v) is 14.4. The molecule has 0 bridgehead atoms. The Bertz CT molecular complexity index is 1730. The Labute approximate surface area is 255 Å². The van der Waals surface area contributed by atoms with Gasteiger partial charge in [0.25, 0.3) is 0 Å². The van der Waals surface area contributed by atoms with Crippen LogP contribution in [0.5, 0.6) is 5.75 Å². The number of nitrogens with one attached hydrogen (secondary N) is 1. The molecule has 4 aromatic rings. The number of terminal acetylenes is 1. The van der Waals surface area contributed by atoms with Gasteiger partial charge in [-0.1, -0.05) is 54.5 Å². The van der Waals surface area contributed by atoms with E-state index in [1.165, 1.54) is 0 Å². The second-order valence-electron chi connectivity index (χ2n) is 11.1. The second kappa shape index (κ2) is 12.1. The van der Waals surface area contributed by atoms with Crippen LogP contribution in [0.2, 0.25) is 0 Å². The van der Waals surface area contributed by atoms with Crippen molar-refractivity contribution in [3.63, 3.8) is 0 Å². The van der Waals surface area contributed by atoms with E-state index < -0.39 is 12.2 Å². The number of hydrazine groups is 1. The highest BCUT2D eigenvalue weighted by molar-refractivity contribution is 5.91. The fourth-order valence-corrected chi connectivity index (χ4v) is 6.00. The number of phenolic OH excluding ortho intramolecular Hbond substituents is 1. The number of hydrogen-bond donors (Lipinski definition) is 2. The van der Waals surface area contributed by atoms with Crippen LogP contribution in [-0.4, -0.2) is 84.7 Å². The van der Waals surface area contributed by atoms with Crippen LogP contribution < -0.4 is 5.32 Å². The monoisotopic (exact) mass is 591 g/mol. The van der Waals surface area contributed by atoms with Crippen LogP contribution in [0.3, 0.4) is 0 Å². The summed E-state index contributed by atoms with van der Waals surface area (Å²) < 4.78 is 1.87. The summed E-state index contributed by atoms with van der Waals surface area (Å²) >= 11 is 0. The maximum atomic E-state index is 14.2. The number of fused-ring (bicyclic) bond motifs is 2. The molecule has 3 aromatic carbocycles. The number of amides is 4. The molecule has 2 fully saturated rings. The van der Waals surface area contributed by atoms with E-state index in [9.17, 15) is 19.5 Å². The van der Waals surface area contributed by atoms with E-state index in [2.05, 4.69) is 16.2 Å². The van der Waals surface area contributed by atoms with E-state index >= 15 is 0 Å². The summed E-state index contributed by atoms with van der Waals surface area (Å²) in [5.74, 6) is 2.30. The van der Waals surface area contributed by atoms with Crippen molar-refractivity contribution in [2.45, 2.75) is 38.3 Å². The Morgan fingerprint density at radius 1 is 1.05 bits per heavy atom. The Kier molecular flexibility index (Phi) is 7.91. The molecule has 3 heterocycles. The number of rotatable bonds is 7. The number of likely N-dealkylation sites (N-methyl/N-ethyl adjacent to an activating group) is 1. The molecule has 1 aromatic heterocycles. The Hall–Kier alpha value is -5.34. The van der Waals surface area contributed by atoms with Gasteiger partial charge in [0.2, 0.25) is 11.8 Å². The molecular formula is C33H33N7O4. The first kappa shape index (κ1) is 28.8. The number of piperazine rings is 1. The van der Waals surface area contributed by atoms with Gasteiger partial charge in [-0.15, -0.1) is 6.42 Å². The molecule has 4 amide bonds. The highest BCUT2D eigenvalue weighted by Crippen LogP contribution is 2.29. The Balaban J connectivity index is 1.33. The number of nitrogens with zero attached hydrogens (tertiary/aromatic N) is 6. The lowest BCUT2D eigenvalue weighted by Gasteiger charge is -2.54. The van der Waals surface area contributed by atoms with Crippen LogP contribution in [0.25, 0.3) is 11.0 Å². The standard InChI is InChI=1S/C33H33N7O4/c1-3-15-37-22-35-27-14-11-25(17-28(27)37)19-38-20-30-39(29(32(38)43)16-23-9-12-26(41)13-10-23)31(42)21-36(2)40(30)33(44)34-18-24-7-5-4-6-8-24/h1,4-14,17,22,29-30,41H,15-16,18-21H2,2H3,(H,34,44)/t29-,30-/m0/s1. The quantitative estimate of drug-likeness (QED) is 0.320. The highest BCUT2D eigenvalue weighted by Gasteiger charge is 2.50. The van der Waals surface area contributed by atoms with Gasteiger partial charge in [-0.2, -0.15) is 0 Å². The number of urea groups is 1. The summed E-state index contributed by atoms with van der Waals surface area (Å²) in [5, 5.41) is 15.9. The largest absolute Gasteiger partial charge is 0.508 e. The van der Waals surface area contributed by atoms with E-state index in [-0.39, 0.29) is 49.7 Å². The van der Waals surface area contributed by atoms with Crippen LogP contribution in [0.15, 0.2) is 79.1 Å². The van der Waals surface area contributed by atoms with Crippen LogP contribution >= 0.6 is 0 Å². The number of aromatic nitrogens is 2. The van der Waals surface area contributed by atoms with Crippen molar-refractivity contribution in [3.8, 4) is 18.1 Å². The van der Waals surface area contributed by atoms with Crippen molar-refractivity contribution in [3.05, 3.63) is 95.8 Å². The van der Waals surface area contributed by atoms with Gasteiger partial charge in [-0.25, -0.2) is 19.8 Å². The normalized spacial score (nSPS) is 18.8. The summed E-state index contributed by atoms with van der Waals surface area (Å²) in [4.78, 5) is 49.1. The molecule has 0 unspecified atom stereocenters. The number of carbonyl (C=O) groups is 3. The van der Waals surface area contributed by atoms with Gasteiger partial charge in [0.15, 0.2) is 0 Å². The molecular weight excluding hydrogens is 558 g/mol. The maximum Gasteiger partial charge on any atom is 0.334 e. The van der Waals surface area contributed by atoms with E-state index in [1.54, 1.807) is 57.5 Å². The molecule has 224 valence electrons. The molecule has 2 atom stereocenters. The SMILES string of the molecule is C#CCn1cnc2ccc(CN3C[C@H]4N(C(=O)CN(C)N4C(=O)NCc4ccccc4)[C@@H](Cc4ccc(O)cc4)C3=O)cc21. The van der Waals surface area contributed by atoms with Crippen LogP contribution in [0.1, 0.15) is 16.7 Å². The Morgan fingerprint density at radius 3 is 2.55 bits per heavy atom. The number of carbonyl (C=O) groups excluding carboxylic acids is 3. The fraction of sp³-hybridized carbons (Fsp3) is 0.273. The van der Waals surface area contributed by atoms with Crippen molar-refractivity contribution in [1.82, 2.24) is 34.7 Å². The molecule has 0 radical (unpaired) electrons. The Morgan fingerprint density at radius 2 is 1.80 bits per heavy atom. The average Bonchev–Trinajstić information content (AvgIpc) is 3.41. The number of hydrogen-bond acceptors (Lipinski definition) is 6.